The number of alkyl halides is 3. The Morgan fingerprint density at radius 2 is 2.00 bits per heavy atom. The summed E-state index contributed by atoms with van der Waals surface area (Å²) in [6.45, 7) is 6.81. The number of carbonyl (C=O) groups excluding carboxylic acids is 1. The molecule has 0 aliphatic heterocycles. The molecule has 0 radical (unpaired) electrons. The number of nitrogens with one attached hydrogen (secondary N) is 2. The van der Waals surface area contributed by atoms with E-state index in [0.29, 0.717) is 39.9 Å². The number of benzene rings is 1. The van der Waals surface area contributed by atoms with Crippen molar-refractivity contribution in [2.75, 3.05) is 18.4 Å². The predicted molar refractivity (Wildman–Crippen MR) is 144 cm³/mol. The van der Waals surface area contributed by atoms with Crippen molar-refractivity contribution in [3.05, 3.63) is 69.6 Å². The van der Waals surface area contributed by atoms with Crippen LogP contribution < -0.4 is 10.6 Å². The van der Waals surface area contributed by atoms with Gasteiger partial charge in [0.15, 0.2) is 5.65 Å². The number of hydrogen-bond acceptors (Lipinski definition) is 4. The van der Waals surface area contributed by atoms with E-state index in [1.54, 1.807) is 16.8 Å². The summed E-state index contributed by atoms with van der Waals surface area (Å²) in [5.74, 6) is 0.859. The van der Waals surface area contributed by atoms with Crippen LogP contribution in [0.25, 0.3) is 5.65 Å². The molecule has 202 valence electrons. The lowest BCUT2D eigenvalue weighted by atomic mass is 9.45. The van der Waals surface area contributed by atoms with E-state index in [2.05, 4.69) is 56.6 Å². The lowest BCUT2D eigenvalue weighted by Gasteiger charge is -2.59. The van der Waals surface area contributed by atoms with Gasteiger partial charge in [0, 0.05) is 24.6 Å². The van der Waals surface area contributed by atoms with Crippen LogP contribution in [-0.4, -0.2) is 39.8 Å². The normalized spacial score (nSPS) is 22.1. The Morgan fingerprint density at radius 1 is 1.24 bits per heavy atom. The van der Waals surface area contributed by atoms with Crippen molar-refractivity contribution in [1.82, 2.24) is 19.9 Å². The van der Waals surface area contributed by atoms with E-state index < -0.39 is 12.6 Å². The van der Waals surface area contributed by atoms with E-state index in [4.69, 9.17) is 0 Å². The quantitative estimate of drug-likeness (QED) is 0.288. The van der Waals surface area contributed by atoms with Crippen molar-refractivity contribution in [3.8, 4) is 0 Å². The highest BCUT2D eigenvalue weighted by atomic mass is 79.9. The standard InChI is InChI=1S/C28H31BrF3N5O/c1-16-6-4-5-7-18(16)26(38)34-10-8-17-12-19(21-13-20(17)27(21,2)3)23-15-35-25-22(14-24(29)36-37(23)25)33-11-9-28(30,31)32/h4-7,12,14-15,19-21,33H,8-11,13H2,1-3H3,(H,34,38). The molecule has 2 N–H and O–H groups in total. The first kappa shape index (κ1) is 26.7. The summed E-state index contributed by atoms with van der Waals surface area (Å²) in [7, 11) is 0. The SMILES string of the molecule is Cc1ccccc1C(=O)NCCC1=CC(c2cnc3c(NCCC(F)(F)F)cc(Br)nn23)C2CC1C2(C)C. The number of rotatable bonds is 8. The van der Waals surface area contributed by atoms with Crippen molar-refractivity contribution in [3.63, 3.8) is 0 Å². The fraction of sp³-hybridized carbons (Fsp3) is 0.464. The van der Waals surface area contributed by atoms with E-state index in [-0.39, 0.29) is 23.8 Å². The zero-order valence-corrected chi connectivity index (χ0v) is 23.2. The first-order chi connectivity index (χ1) is 18.0. The van der Waals surface area contributed by atoms with Gasteiger partial charge in [0.2, 0.25) is 0 Å². The number of allylic oxidation sites excluding steroid dienone is 1. The molecule has 3 aliphatic carbocycles. The van der Waals surface area contributed by atoms with Crippen molar-refractivity contribution < 1.29 is 18.0 Å². The third-order valence-corrected chi connectivity index (χ3v) is 8.62. The van der Waals surface area contributed by atoms with Gasteiger partial charge in [-0.1, -0.05) is 43.7 Å². The molecule has 1 aromatic carbocycles. The summed E-state index contributed by atoms with van der Waals surface area (Å²) in [5.41, 5.74) is 4.96. The Bertz CT molecular complexity index is 1400. The Morgan fingerprint density at radius 3 is 2.71 bits per heavy atom. The molecule has 0 saturated heterocycles. The molecule has 2 heterocycles. The average molecular weight is 590 g/mol. The average Bonchev–Trinajstić information content (AvgIpc) is 3.27. The molecule has 1 amide bonds. The molecule has 1 saturated carbocycles. The topological polar surface area (TPSA) is 71.3 Å². The second-order valence-corrected chi connectivity index (χ2v) is 11.7. The first-order valence-electron chi connectivity index (χ1n) is 12.8. The number of imidazole rings is 1. The minimum atomic E-state index is -4.23. The van der Waals surface area contributed by atoms with Gasteiger partial charge in [-0.15, -0.1) is 0 Å². The fourth-order valence-electron chi connectivity index (χ4n) is 6.11. The molecule has 3 atom stereocenters. The van der Waals surface area contributed by atoms with Gasteiger partial charge in [-0.3, -0.25) is 4.79 Å². The van der Waals surface area contributed by atoms with E-state index in [9.17, 15) is 18.0 Å². The zero-order chi connectivity index (χ0) is 27.2. The van der Waals surface area contributed by atoms with Crippen LogP contribution >= 0.6 is 15.9 Å². The van der Waals surface area contributed by atoms with Crippen LogP contribution in [0.4, 0.5) is 18.9 Å². The molecule has 3 aromatic rings. The molecular weight excluding hydrogens is 559 g/mol. The molecule has 10 heteroatoms. The maximum absolute atomic E-state index is 12.7. The number of fused-ring (bicyclic) bond motifs is 2. The largest absolute Gasteiger partial charge is 0.390 e. The number of aromatic nitrogens is 3. The van der Waals surface area contributed by atoms with Gasteiger partial charge in [0.1, 0.15) is 4.60 Å². The van der Waals surface area contributed by atoms with E-state index in [1.807, 2.05) is 31.2 Å². The number of hydrogen-bond donors (Lipinski definition) is 2. The molecule has 6 rings (SSSR count). The van der Waals surface area contributed by atoms with Crippen molar-refractivity contribution in [1.29, 1.82) is 0 Å². The lowest BCUT2D eigenvalue weighted by Crippen LogP contribution is -2.51. The number of carbonyl (C=O) groups is 1. The Hall–Kier alpha value is -2.88. The Balaban J connectivity index is 1.37. The van der Waals surface area contributed by atoms with Gasteiger partial charge in [0.05, 0.1) is 24.0 Å². The van der Waals surface area contributed by atoms with Crippen LogP contribution in [0.3, 0.4) is 0 Å². The van der Waals surface area contributed by atoms with Gasteiger partial charge < -0.3 is 10.6 Å². The second-order valence-electron chi connectivity index (χ2n) is 10.9. The van der Waals surface area contributed by atoms with Crippen molar-refractivity contribution in [2.45, 2.75) is 52.1 Å². The molecule has 0 spiro atoms. The fourth-order valence-corrected chi connectivity index (χ4v) is 6.49. The number of amides is 1. The second kappa shape index (κ2) is 10.0. The van der Waals surface area contributed by atoms with Crippen LogP contribution in [0.2, 0.25) is 0 Å². The zero-order valence-electron chi connectivity index (χ0n) is 21.6. The van der Waals surface area contributed by atoms with Gasteiger partial charge in [-0.25, -0.2) is 9.50 Å². The van der Waals surface area contributed by atoms with Crippen LogP contribution in [0.15, 0.2) is 52.8 Å². The minimum absolute atomic E-state index is 0.0665. The van der Waals surface area contributed by atoms with Gasteiger partial charge in [-0.2, -0.15) is 18.3 Å². The van der Waals surface area contributed by atoms with Gasteiger partial charge in [-0.05, 0) is 70.6 Å². The van der Waals surface area contributed by atoms with Crippen LogP contribution in [0.1, 0.15) is 60.6 Å². The van der Waals surface area contributed by atoms with Crippen LogP contribution in [-0.2, 0) is 0 Å². The van der Waals surface area contributed by atoms with Crippen LogP contribution in [0, 0.1) is 24.2 Å². The lowest BCUT2D eigenvalue weighted by molar-refractivity contribution is -0.131. The Kier molecular flexibility index (Phi) is 7.04. The smallest absolute Gasteiger partial charge is 0.382 e. The third kappa shape index (κ3) is 5.07. The number of aryl methyl sites for hydroxylation is 1. The third-order valence-electron chi connectivity index (χ3n) is 8.24. The summed E-state index contributed by atoms with van der Waals surface area (Å²) < 4.78 is 40.3. The predicted octanol–water partition coefficient (Wildman–Crippen LogP) is 6.67. The highest BCUT2D eigenvalue weighted by Gasteiger charge is 2.55. The number of nitrogens with zero attached hydrogens (tertiary/aromatic N) is 3. The van der Waals surface area contributed by atoms with Crippen LogP contribution in [0.5, 0.6) is 0 Å². The van der Waals surface area contributed by atoms with E-state index >= 15 is 0 Å². The highest BCUT2D eigenvalue weighted by Crippen LogP contribution is 2.64. The van der Waals surface area contributed by atoms with Gasteiger partial charge >= 0.3 is 6.18 Å². The molecular formula is C28H31BrF3N5O. The maximum Gasteiger partial charge on any atom is 0.390 e. The summed E-state index contributed by atoms with van der Waals surface area (Å²) in [6, 6.07) is 9.21. The molecule has 2 bridgehead atoms. The molecule has 3 aliphatic rings. The van der Waals surface area contributed by atoms with Gasteiger partial charge in [0.25, 0.3) is 5.91 Å². The Labute approximate surface area is 228 Å². The van der Waals surface area contributed by atoms with Crippen molar-refractivity contribution in [2.24, 2.45) is 17.3 Å². The minimum Gasteiger partial charge on any atom is -0.382 e. The molecule has 2 aromatic heterocycles. The molecule has 1 fully saturated rings. The van der Waals surface area contributed by atoms with E-state index in [0.717, 1.165) is 24.1 Å². The highest BCUT2D eigenvalue weighted by molar-refractivity contribution is 9.10. The molecule has 6 nitrogen and oxygen atoms in total. The van der Waals surface area contributed by atoms with Crippen molar-refractivity contribution >= 4 is 33.2 Å². The molecule has 3 unspecified atom stereocenters. The summed E-state index contributed by atoms with van der Waals surface area (Å²) in [5, 5.41) is 10.5. The summed E-state index contributed by atoms with van der Waals surface area (Å²) >= 11 is 3.41. The maximum atomic E-state index is 12.7. The number of anilines is 1. The van der Waals surface area contributed by atoms with E-state index in [1.165, 1.54) is 5.57 Å². The molecule has 38 heavy (non-hydrogen) atoms. The number of halogens is 4. The monoisotopic (exact) mass is 589 g/mol. The summed E-state index contributed by atoms with van der Waals surface area (Å²) in [6.07, 6.45) is 0.729. The summed E-state index contributed by atoms with van der Waals surface area (Å²) in [4.78, 5) is 17.2. The first-order valence-corrected chi connectivity index (χ1v) is 13.6.